The summed E-state index contributed by atoms with van der Waals surface area (Å²) in [5, 5.41) is 18.5. The Morgan fingerprint density at radius 1 is 1.20 bits per heavy atom. The number of aryl methyl sites for hydroxylation is 1. The van der Waals surface area contributed by atoms with E-state index in [1.165, 1.54) is 25.9 Å². The minimum absolute atomic E-state index is 0.222. The molecule has 1 unspecified atom stereocenters. The summed E-state index contributed by atoms with van der Waals surface area (Å²) in [4.78, 5) is 2.56. The molecule has 1 aromatic rings. The second kappa shape index (κ2) is 5.82. The van der Waals surface area contributed by atoms with E-state index < -0.39 is 0 Å². The molecule has 1 fully saturated rings. The van der Waals surface area contributed by atoms with Crippen LogP contribution in [0.15, 0.2) is 0 Å². The van der Waals surface area contributed by atoms with Gasteiger partial charge in [0.05, 0.1) is 12.6 Å². The van der Waals surface area contributed by atoms with Crippen molar-refractivity contribution in [3.63, 3.8) is 0 Å². The highest BCUT2D eigenvalue weighted by Gasteiger charge is 2.25. The van der Waals surface area contributed by atoms with Gasteiger partial charge < -0.3 is 14.6 Å². The molecule has 0 bridgehead atoms. The van der Waals surface area contributed by atoms with Gasteiger partial charge in [-0.05, 0) is 52.1 Å². The molecule has 5 heteroatoms. The largest absolute Gasteiger partial charge is 0.391 e. The van der Waals surface area contributed by atoms with Crippen molar-refractivity contribution >= 4 is 0 Å². The lowest BCUT2D eigenvalue weighted by Gasteiger charge is -2.34. The zero-order valence-electron chi connectivity index (χ0n) is 12.6. The standard InChI is InChI=1S/C15H26N4O/c1-11(2)18-7-5-12(6-8-18)9-15-17-16-14-4-3-13(20)10-19(14)15/h11-13,20H,3-10H2,1-2H3. The first kappa shape index (κ1) is 14.0. The van der Waals surface area contributed by atoms with Gasteiger partial charge >= 0.3 is 0 Å². The Kier molecular flexibility index (Phi) is 4.08. The van der Waals surface area contributed by atoms with Crippen molar-refractivity contribution in [1.82, 2.24) is 19.7 Å². The molecule has 112 valence electrons. The molecule has 1 aromatic heterocycles. The summed E-state index contributed by atoms with van der Waals surface area (Å²) in [6, 6.07) is 0.659. The van der Waals surface area contributed by atoms with Crippen LogP contribution in [0.25, 0.3) is 0 Å². The summed E-state index contributed by atoms with van der Waals surface area (Å²) >= 11 is 0. The SMILES string of the molecule is CC(C)N1CCC(Cc2nnc3n2CC(O)CC3)CC1. The van der Waals surface area contributed by atoms with Crippen molar-refractivity contribution < 1.29 is 5.11 Å². The smallest absolute Gasteiger partial charge is 0.133 e. The number of hydrogen-bond acceptors (Lipinski definition) is 4. The van der Waals surface area contributed by atoms with E-state index in [0.29, 0.717) is 12.6 Å². The third kappa shape index (κ3) is 2.88. The number of aliphatic hydroxyl groups is 1. The highest BCUT2D eigenvalue weighted by Crippen LogP contribution is 2.24. The van der Waals surface area contributed by atoms with Crippen molar-refractivity contribution in [2.24, 2.45) is 5.92 Å². The lowest BCUT2D eigenvalue weighted by atomic mass is 9.92. The molecule has 0 aliphatic carbocycles. The molecule has 0 aromatic carbocycles. The van der Waals surface area contributed by atoms with Gasteiger partial charge in [0.15, 0.2) is 0 Å². The van der Waals surface area contributed by atoms with E-state index in [0.717, 1.165) is 36.8 Å². The van der Waals surface area contributed by atoms with Crippen LogP contribution in [-0.4, -0.2) is 50.0 Å². The van der Waals surface area contributed by atoms with Gasteiger partial charge in [0, 0.05) is 18.9 Å². The summed E-state index contributed by atoms with van der Waals surface area (Å²) in [6.45, 7) is 7.63. The number of hydrogen-bond donors (Lipinski definition) is 1. The number of nitrogens with zero attached hydrogens (tertiary/aromatic N) is 4. The first-order valence-electron chi connectivity index (χ1n) is 7.96. The van der Waals surface area contributed by atoms with E-state index in [-0.39, 0.29) is 6.10 Å². The Bertz CT molecular complexity index is 449. The molecule has 0 saturated carbocycles. The van der Waals surface area contributed by atoms with Gasteiger partial charge in [0.25, 0.3) is 0 Å². The summed E-state index contributed by atoms with van der Waals surface area (Å²) in [7, 11) is 0. The van der Waals surface area contributed by atoms with Crippen molar-refractivity contribution in [3.05, 3.63) is 11.6 Å². The summed E-state index contributed by atoms with van der Waals surface area (Å²) in [5.74, 6) is 2.86. The van der Waals surface area contributed by atoms with Gasteiger partial charge in [-0.25, -0.2) is 0 Å². The second-order valence-electron chi connectivity index (χ2n) is 6.61. The van der Waals surface area contributed by atoms with Crippen LogP contribution in [0.3, 0.4) is 0 Å². The normalized spacial score (nSPS) is 25.1. The molecular weight excluding hydrogens is 252 g/mol. The summed E-state index contributed by atoms with van der Waals surface area (Å²) < 4.78 is 2.16. The highest BCUT2D eigenvalue weighted by molar-refractivity contribution is 5.01. The molecule has 20 heavy (non-hydrogen) atoms. The van der Waals surface area contributed by atoms with Crippen molar-refractivity contribution in [3.8, 4) is 0 Å². The topological polar surface area (TPSA) is 54.2 Å². The van der Waals surface area contributed by atoms with Crippen LogP contribution in [0.5, 0.6) is 0 Å². The van der Waals surface area contributed by atoms with Crippen LogP contribution in [0, 0.1) is 5.92 Å². The van der Waals surface area contributed by atoms with Crippen LogP contribution in [-0.2, 0) is 19.4 Å². The molecule has 2 aliphatic heterocycles. The van der Waals surface area contributed by atoms with Gasteiger partial charge in [-0.2, -0.15) is 0 Å². The fourth-order valence-corrected chi connectivity index (χ4v) is 3.45. The monoisotopic (exact) mass is 278 g/mol. The zero-order chi connectivity index (χ0) is 14.1. The van der Waals surface area contributed by atoms with Gasteiger partial charge in [-0.1, -0.05) is 0 Å². The van der Waals surface area contributed by atoms with Gasteiger partial charge in [-0.15, -0.1) is 10.2 Å². The predicted octanol–water partition coefficient (Wildman–Crippen LogP) is 1.25. The average Bonchev–Trinajstić information content (AvgIpc) is 2.82. The van der Waals surface area contributed by atoms with E-state index in [4.69, 9.17) is 0 Å². The minimum Gasteiger partial charge on any atom is -0.391 e. The molecule has 0 amide bonds. The van der Waals surface area contributed by atoms with Crippen molar-refractivity contribution in [1.29, 1.82) is 0 Å². The lowest BCUT2D eigenvalue weighted by Crippen LogP contribution is -2.39. The van der Waals surface area contributed by atoms with Crippen molar-refractivity contribution in [2.45, 2.75) is 64.6 Å². The fraction of sp³-hybridized carbons (Fsp3) is 0.867. The molecule has 1 atom stereocenters. The highest BCUT2D eigenvalue weighted by atomic mass is 16.3. The Balaban J connectivity index is 1.61. The third-order valence-electron chi connectivity index (χ3n) is 4.85. The molecule has 2 aliphatic rings. The van der Waals surface area contributed by atoms with Gasteiger partial charge in [0.2, 0.25) is 0 Å². The van der Waals surface area contributed by atoms with E-state index in [1.54, 1.807) is 0 Å². The first-order valence-corrected chi connectivity index (χ1v) is 7.96. The number of likely N-dealkylation sites (tertiary alicyclic amines) is 1. The van der Waals surface area contributed by atoms with E-state index in [9.17, 15) is 5.11 Å². The Labute approximate surface area is 121 Å². The number of piperidine rings is 1. The van der Waals surface area contributed by atoms with E-state index in [1.807, 2.05) is 0 Å². The third-order valence-corrected chi connectivity index (χ3v) is 4.85. The molecule has 3 rings (SSSR count). The maximum Gasteiger partial charge on any atom is 0.133 e. The zero-order valence-corrected chi connectivity index (χ0v) is 12.6. The van der Waals surface area contributed by atoms with Crippen molar-refractivity contribution in [2.75, 3.05) is 13.1 Å². The van der Waals surface area contributed by atoms with Gasteiger partial charge in [-0.3, -0.25) is 0 Å². The first-order chi connectivity index (χ1) is 9.63. The molecule has 3 heterocycles. The number of aliphatic hydroxyl groups excluding tert-OH is 1. The van der Waals surface area contributed by atoms with Crippen LogP contribution in [0.1, 0.15) is 44.8 Å². The van der Waals surface area contributed by atoms with Crippen LogP contribution in [0.4, 0.5) is 0 Å². The second-order valence-corrected chi connectivity index (χ2v) is 6.61. The molecule has 0 radical (unpaired) electrons. The van der Waals surface area contributed by atoms with Crippen LogP contribution >= 0.6 is 0 Å². The molecule has 5 nitrogen and oxygen atoms in total. The minimum atomic E-state index is -0.222. The van der Waals surface area contributed by atoms with Gasteiger partial charge in [0.1, 0.15) is 11.6 Å². The lowest BCUT2D eigenvalue weighted by molar-refractivity contribution is 0.126. The van der Waals surface area contributed by atoms with Crippen LogP contribution in [0.2, 0.25) is 0 Å². The number of rotatable bonds is 3. The summed E-state index contributed by atoms with van der Waals surface area (Å²) in [5.41, 5.74) is 0. The maximum atomic E-state index is 9.82. The molecule has 1 N–H and O–H groups in total. The Morgan fingerprint density at radius 3 is 2.65 bits per heavy atom. The fourth-order valence-electron chi connectivity index (χ4n) is 3.45. The maximum absolute atomic E-state index is 9.82. The van der Waals surface area contributed by atoms with E-state index in [2.05, 4.69) is 33.5 Å². The number of aromatic nitrogens is 3. The van der Waals surface area contributed by atoms with Crippen LogP contribution < -0.4 is 0 Å². The quantitative estimate of drug-likeness (QED) is 0.904. The summed E-state index contributed by atoms with van der Waals surface area (Å²) in [6.07, 6.45) is 4.99. The molecular formula is C15H26N4O. The number of fused-ring (bicyclic) bond motifs is 1. The molecule has 0 spiro atoms. The Morgan fingerprint density at radius 2 is 1.95 bits per heavy atom. The van der Waals surface area contributed by atoms with E-state index >= 15 is 0 Å². The Hall–Kier alpha value is -0.940. The average molecular weight is 278 g/mol. The molecule has 1 saturated heterocycles. The predicted molar refractivity (Wildman–Crippen MR) is 77.5 cm³/mol.